The highest BCUT2D eigenvalue weighted by Gasteiger charge is 2.10. The Morgan fingerprint density at radius 1 is 0.643 bits per heavy atom. The molecule has 0 atom stereocenters. The summed E-state index contributed by atoms with van der Waals surface area (Å²) in [6, 6.07) is 24.3. The Bertz CT molecular complexity index is 1340. The highest BCUT2D eigenvalue weighted by molar-refractivity contribution is 7.80. The predicted octanol–water partition coefficient (Wildman–Crippen LogP) is 5.75. The molecule has 3 aromatic carbocycles. The first-order valence-electron chi connectivity index (χ1n) is 8.98. The topological polar surface area (TPSA) is 49.8 Å². The molecule has 0 radical (unpaired) electrons. The molecule has 0 aliphatic rings. The van der Waals surface area contributed by atoms with Gasteiger partial charge in [0.25, 0.3) is 0 Å². The molecule has 5 aromatic rings. The maximum atomic E-state index is 5.60. The van der Waals surface area contributed by atoms with Crippen LogP contribution in [0.1, 0.15) is 0 Å². The van der Waals surface area contributed by atoms with Gasteiger partial charge in [-0.05, 0) is 47.9 Å². The number of anilines is 2. The first-order chi connectivity index (χ1) is 13.8. The van der Waals surface area contributed by atoms with Crippen LogP contribution in [0, 0.1) is 0 Å². The van der Waals surface area contributed by atoms with Crippen molar-refractivity contribution >= 4 is 61.3 Å². The van der Waals surface area contributed by atoms with Crippen molar-refractivity contribution in [3.8, 4) is 0 Å². The van der Waals surface area contributed by atoms with Crippen LogP contribution in [-0.4, -0.2) is 15.1 Å². The Morgan fingerprint density at radius 3 is 2.25 bits per heavy atom. The molecular weight excluding hydrogens is 364 g/mol. The van der Waals surface area contributed by atoms with Crippen molar-refractivity contribution in [1.82, 2.24) is 9.97 Å². The Hall–Kier alpha value is -3.57. The van der Waals surface area contributed by atoms with Crippen LogP contribution >= 0.6 is 12.2 Å². The van der Waals surface area contributed by atoms with Crippen LogP contribution in [-0.2, 0) is 0 Å². The number of aromatic nitrogens is 2. The van der Waals surface area contributed by atoms with Crippen LogP contribution in [0.2, 0.25) is 0 Å². The van der Waals surface area contributed by atoms with Gasteiger partial charge in [0.2, 0.25) is 0 Å². The zero-order valence-corrected chi connectivity index (χ0v) is 15.7. The third-order valence-corrected chi connectivity index (χ3v) is 4.95. The molecule has 0 aliphatic heterocycles. The molecule has 0 saturated heterocycles. The Morgan fingerprint density at radius 2 is 1.32 bits per heavy atom. The number of hydrogen-bond acceptors (Lipinski definition) is 3. The molecule has 0 amide bonds. The quantitative estimate of drug-likeness (QED) is 0.302. The van der Waals surface area contributed by atoms with Crippen LogP contribution in [0.3, 0.4) is 0 Å². The van der Waals surface area contributed by atoms with Gasteiger partial charge >= 0.3 is 0 Å². The van der Waals surface area contributed by atoms with Gasteiger partial charge in [0.1, 0.15) is 0 Å². The minimum absolute atomic E-state index is 0.520. The Labute approximate surface area is 167 Å². The van der Waals surface area contributed by atoms with Crippen molar-refractivity contribution in [3.63, 3.8) is 0 Å². The van der Waals surface area contributed by atoms with Crippen molar-refractivity contribution in [2.24, 2.45) is 0 Å². The lowest BCUT2D eigenvalue weighted by Crippen LogP contribution is -2.19. The average Bonchev–Trinajstić information content (AvgIpc) is 2.74. The van der Waals surface area contributed by atoms with Gasteiger partial charge < -0.3 is 10.6 Å². The number of benzene rings is 3. The molecule has 4 nitrogen and oxygen atoms in total. The fraction of sp³-hybridized carbons (Fsp3) is 0. The smallest absolute Gasteiger partial charge is 0.175 e. The summed E-state index contributed by atoms with van der Waals surface area (Å²) >= 11 is 5.60. The average molecular weight is 380 g/mol. The molecule has 0 fully saturated rings. The first-order valence-corrected chi connectivity index (χ1v) is 9.39. The Kier molecular flexibility index (Phi) is 4.07. The van der Waals surface area contributed by atoms with E-state index in [9.17, 15) is 0 Å². The van der Waals surface area contributed by atoms with E-state index in [0.29, 0.717) is 5.11 Å². The highest BCUT2D eigenvalue weighted by atomic mass is 32.1. The number of fused-ring (bicyclic) bond motifs is 4. The normalized spacial score (nSPS) is 11.0. The second-order valence-corrected chi connectivity index (χ2v) is 6.91. The zero-order chi connectivity index (χ0) is 18.9. The van der Waals surface area contributed by atoms with Gasteiger partial charge in [-0.1, -0.05) is 42.5 Å². The number of rotatable bonds is 2. The van der Waals surface area contributed by atoms with Gasteiger partial charge in [-0.25, -0.2) is 0 Å². The monoisotopic (exact) mass is 380 g/mol. The van der Waals surface area contributed by atoms with Crippen LogP contribution in [0.25, 0.3) is 32.6 Å². The van der Waals surface area contributed by atoms with Crippen molar-refractivity contribution in [1.29, 1.82) is 0 Å². The van der Waals surface area contributed by atoms with Crippen molar-refractivity contribution in [2.75, 3.05) is 10.6 Å². The lowest BCUT2D eigenvalue weighted by molar-refractivity contribution is 1.39. The van der Waals surface area contributed by atoms with Crippen LogP contribution in [0.5, 0.6) is 0 Å². The van der Waals surface area contributed by atoms with Gasteiger partial charge in [-0.15, -0.1) is 0 Å². The van der Waals surface area contributed by atoms with E-state index < -0.39 is 0 Å². The van der Waals surface area contributed by atoms with E-state index in [1.807, 2.05) is 54.6 Å². The summed E-state index contributed by atoms with van der Waals surface area (Å²) in [5.74, 6) is 0. The molecule has 0 unspecified atom stereocenters. The fourth-order valence-electron chi connectivity index (χ4n) is 3.50. The molecule has 134 valence electrons. The standard InChI is InChI=1S/C23H16N4S/c28-23(26-19-11-3-7-15-6-1-2-9-17(15)19)27-20-14-16-8-4-12-24-21(16)18-10-5-13-25-22(18)20/h1-14H,(H2,26,27,28). The summed E-state index contributed by atoms with van der Waals surface area (Å²) in [6.07, 6.45) is 3.58. The molecule has 0 spiro atoms. The van der Waals surface area contributed by atoms with Crippen molar-refractivity contribution in [3.05, 3.63) is 85.2 Å². The van der Waals surface area contributed by atoms with Gasteiger partial charge in [-0.2, -0.15) is 0 Å². The lowest BCUT2D eigenvalue weighted by Gasteiger charge is -2.14. The van der Waals surface area contributed by atoms with E-state index >= 15 is 0 Å². The maximum Gasteiger partial charge on any atom is 0.175 e. The molecule has 2 heterocycles. The third-order valence-electron chi connectivity index (χ3n) is 4.74. The van der Waals surface area contributed by atoms with E-state index in [1.54, 1.807) is 12.4 Å². The Balaban J connectivity index is 1.53. The molecule has 2 aromatic heterocycles. The molecular formula is C23H16N4S. The highest BCUT2D eigenvalue weighted by Crippen LogP contribution is 2.29. The van der Waals surface area contributed by atoms with Gasteiger partial charge in [-0.3, -0.25) is 9.97 Å². The fourth-order valence-corrected chi connectivity index (χ4v) is 3.72. The summed E-state index contributed by atoms with van der Waals surface area (Å²) in [6.45, 7) is 0. The second-order valence-electron chi connectivity index (χ2n) is 6.50. The van der Waals surface area contributed by atoms with Gasteiger partial charge in [0.15, 0.2) is 5.11 Å². The summed E-state index contributed by atoms with van der Waals surface area (Å²) in [5.41, 5.74) is 3.60. The van der Waals surface area contributed by atoms with E-state index in [2.05, 4.69) is 38.8 Å². The number of nitrogens with one attached hydrogen (secondary N) is 2. The summed E-state index contributed by atoms with van der Waals surface area (Å²) in [4.78, 5) is 9.07. The van der Waals surface area contributed by atoms with Crippen LogP contribution in [0.15, 0.2) is 85.2 Å². The number of nitrogens with zero attached hydrogens (tertiary/aromatic N) is 2. The minimum Gasteiger partial charge on any atom is -0.332 e. The summed E-state index contributed by atoms with van der Waals surface area (Å²) in [5, 5.41) is 11.5. The molecule has 2 N–H and O–H groups in total. The molecule has 5 rings (SSSR count). The van der Waals surface area contributed by atoms with Crippen molar-refractivity contribution < 1.29 is 0 Å². The molecule has 28 heavy (non-hydrogen) atoms. The third kappa shape index (κ3) is 2.92. The molecule has 0 saturated carbocycles. The molecule has 5 heteroatoms. The first kappa shape index (κ1) is 16.6. The minimum atomic E-state index is 0.520. The molecule has 0 aliphatic carbocycles. The van der Waals surface area contributed by atoms with Gasteiger partial charge in [0.05, 0.1) is 16.7 Å². The van der Waals surface area contributed by atoms with Crippen molar-refractivity contribution in [2.45, 2.75) is 0 Å². The zero-order valence-electron chi connectivity index (χ0n) is 14.9. The summed E-state index contributed by atoms with van der Waals surface area (Å²) in [7, 11) is 0. The van der Waals surface area contributed by atoms with Crippen LogP contribution in [0.4, 0.5) is 11.4 Å². The van der Waals surface area contributed by atoms with E-state index in [0.717, 1.165) is 38.6 Å². The van der Waals surface area contributed by atoms with Crippen LogP contribution < -0.4 is 10.6 Å². The van der Waals surface area contributed by atoms with E-state index in [-0.39, 0.29) is 0 Å². The maximum absolute atomic E-state index is 5.60. The largest absolute Gasteiger partial charge is 0.332 e. The van der Waals surface area contributed by atoms with E-state index in [4.69, 9.17) is 12.2 Å². The van der Waals surface area contributed by atoms with E-state index in [1.165, 1.54) is 5.39 Å². The number of thiocarbonyl (C=S) groups is 1. The van der Waals surface area contributed by atoms with Gasteiger partial charge in [0, 0.05) is 34.2 Å². The lowest BCUT2D eigenvalue weighted by atomic mass is 10.1. The number of hydrogen-bond donors (Lipinski definition) is 2. The predicted molar refractivity (Wildman–Crippen MR) is 121 cm³/mol. The second kappa shape index (κ2) is 6.87. The SMILES string of the molecule is S=C(Nc1cccc2ccccc12)Nc1cc2cccnc2c2cccnc12. The number of pyridine rings is 2. The molecule has 0 bridgehead atoms. The summed E-state index contributed by atoms with van der Waals surface area (Å²) < 4.78 is 0.